The Bertz CT molecular complexity index is 1270. The number of likely N-dealkylation sites (tertiary alicyclic amines) is 3. The van der Waals surface area contributed by atoms with Gasteiger partial charge in [-0.1, -0.05) is 48.5 Å². The van der Waals surface area contributed by atoms with Crippen molar-refractivity contribution < 1.29 is 29.0 Å². The molecule has 3 fully saturated rings. The van der Waals surface area contributed by atoms with Crippen molar-refractivity contribution in [3.63, 3.8) is 0 Å². The second kappa shape index (κ2) is 10.4. The van der Waals surface area contributed by atoms with E-state index >= 15 is 0 Å². The Morgan fingerprint density at radius 2 is 1.15 bits per heavy atom. The molecule has 6 rings (SSSR count). The highest BCUT2D eigenvalue weighted by Gasteiger charge is 2.46. The van der Waals surface area contributed by atoms with Gasteiger partial charge in [-0.15, -0.1) is 0 Å². The zero-order valence-corrected chi connectivity index (χ0v) is 21.8. The number of rotatable bonds is 5. The fraction of sp³-hybridized carbons (Fsp3) is 0.467. The van der Waals surface area contributed by atoms with Crippen LogP contribution in [0.4, 0.5) is 4.79 Å². The van der Waals surface area contributed by atoms with Crippen molar-refractivity contribution in [1.82, 2.24) is 14.7 Å². The Morgan fingerprint density at radius 1 is 0.692 bits per heavy atom. The van der Waals surface area contributed by atoms with Crippen LogP contribution in [0.5, 0.6) is 0 Å². The SMILES string of the molecule is O=C(O)[C@@H]1CCCN1C(=O)[C@H]1CCCN1C(=O)[C@H]1CCCN1C(=O)OCC1c2ccccc2-c2ccccc21. The normalized spacial score (nSPS) is 24.1. The summed E-state index contributed by atoms with van der Waals surface area (Å²) in [7, 11) is 0. The predicted molar refractivity (Wildman–Crippen MR) is 142 cm³/mol. The monoisotopic (exact) mass is 531 g/mol. The van der Waals surface area contributed by atoms with Gasteiger partial charge < -0.3 is 19.6 Å². The van der Waals surface area contributed by atoms with Gasteiger partial charge in [0.05, 0.1) is 0 Å². The summed E-state index contributed by atoms with van der Waals surface area (Å²) in [5, 5.41) is 9.52. The lowest BCUT2D eigenvalue weighted by molar-refractivity contribution is -0.152. The molecule has 9 nitrogen and oxygen atoms in total. The second-order valence-corrected chi connectivity index (χ2v) is 10.9. The van der Waals surface area contributed by atoms with Gasteiger partial charge in [0.1, 0.15) is 24.7 Å². The van der Waals surface area contributed by atoms with Crippen LogP contribution in [0.3, 0.4) is 0 Å². The summed E-state index contributed by atoms with van der Waals surface area (Å²) in [6, 6.07) is 14.1. The van der Waals surface area contributed by atoms with E-state index in [1.165, 1.54) is 9.80 Å². The quantitative estimate of drug-likeness (QED) is 0.633. The van der Waals surface area contributed by atoms with Crippen molar-refractivity contribution in [3.05, 3.63) is 59.7 Å². The smallest absolute Gasteiger partial charge is 0.410 e. The Balaban J connectivity index is 1.13. The van der Waals surface area contributed by atoms with Crippen LogP contribution in [-0.4, -0.2) is 88.0 Å². The zero-order valence-electron chi connectivity index (χ0n) is 21.8. The topological polar surface area (TPSA) is 107 Å². The molecule has 204 valence electrons. The molecular weight excluding hydrogens is 498 g/mol. The Kier molecular flexibility index (Phi) is 6.74. The Hall–Kier alpha value is -3.88. The number of hydrogen-bond acceptors (Lipinski definition) is 5. The first-order valence-electron chi connectivity index (χ1n) is 13.9. The lowest BCUT2D eigenvalue weighted by Crippen LogP contribution is -2.55. The number of nitrogens with zero attached hydrogens (tertiary/aromatic N) is 3. The van der Waals surface area contributed by atoms with Gasteiger partial charge in [0.25, 0.3) is 0 Å². The van der Waals surface area contributed by atoms with Crippen molar-refractivity contribution in [2.24, 2.45) is 0 Å². The summed E-state index contributed by atoms with van der Waals surface area (Å²) in [5.41, 5.74) is 4.55. The number of amides is 3. The molecule has 0 spiro atoms. The van der Waals surface area contributed by atoms with Crippen LogP contribution in [0, 0.1) is 0 Å². The summed E-state index contributed by atoms with van der Waals surface area (Å²) in [6.45, 7) is 1.42. The molecule has 9 heteroatoms. The van der Waals surface area contributed by atoms with E-state index in [2.05, 4.69) is 24.3 Å². The number of benzene rings is 2. The Morgan fingerprint density at radius 3 is 1.72 bits per heavy atom. The molecular formula is C30H33N3O6. The first-order chi connectivity index (χ1) is 19.0. The van der Waals surface area contributed by atoms with Crippen LogP contribution in [0.25, 0.3) is 11.1 Å². The third-order valence-electron chi connectivity index (χ3n) is 8.75. The van der Waals surface area contributed by atoms with E-state index in [9.17, 15) is 24.3 Å². The molecule has 3 amide bonds. The van der Waals surface area contributed by atoms with Gasteiger partial charge in [-0.05, 0) is 60.8 Å². The van der Waals surface area contributed by atoms with E-state index in [1.807, 2.05) is 24.3 Å². The lowest BCUT2D eigenvalue weighted by atomic mass is 9.98. The van der Waals surface area contributed by atoms with Crippen molar-refractivity contribution >= 4 is 23.9 Å². The fourth-order valence-corrected chi connectivity index (χ4v) is 6.88. The van der Waals surface area contributed by atoms with Gasteiger partial charge in [-0.25, -0.2) is 9.59 Å². The first kappa shape index (κ1) is 25.4. The summed E-state index contributed by atoms with van der Waals surface area (Å²) >= 11 is 0. The number of carbonyl (C=O) groups is 4. The van der Waals surface area contributed by atoms with Crippen molar-refractivity contribution in [1.29, 1.82) is 0 Å². The molecule has 1 N–H and O–H groups in total. The number of carbonyl (C=O) groups excluding carboxylic acids is 3. The number of hydrogen-bond donors (Lipinski definition) is 1. The maximum absolute atomic E-state index is 13.7. The lowest BCUT2D eigenvalue weighted by Gasteiger charge is -2.33. The first-order valence-corrected chi connectivity index (χ1v) is 13.9. The molecule has 3 aliphatic heterocycles. The van der Waals surface area contributed by atoms with Crippen LogP contribution in [0.1, 0.15) is 55.6 Å². The van der Waals surface area contributed by atoms with Crippen LogP contribution in [-0.2, 0) is 19.1 Å². The molecule has 2 aromatic rings. The van der Waals surface area contributed by atoms with Crippen LogP contribution < -0.4 is 0 Å². The standard InChI is InChI=1S/C30H33N3O6/c34-27(32-16-7-14-26(32)29(36)37)24-12-5-15-31(24)28(35)25-13-6-17-33(25)30(38)39-18-23-21-10-3-1-8-19(21)20-9-2-4-11-22(20)23/h1-4,8-11,23-26H,5-7,12-18H2,(H,36,37)/t24-,25-,26+/m1/s1. The number of ether oxygens (including phenoxy) is 1. The molecule has 0 saturated carbocycles. The van der Waals surface area contributed by atoms with E-state index in [0.29, 0.717) is 58.2 Å². The van der Waals surface area contributed by atoms with E-state index in [0.717, 1.165) is 22.3 Å². The molecule has 3 saturated heterocycles. The zero-order chi connectivity index (χ0) is 27.1. The minimum absolute atomic E-state index is 0.0682. The molecule has 4 aliphatic rings. The predicted octanol–water partition coefficient (Wildman–Crippen LogP) is 3.47. The molecule has 3 atom stereocenters. The molecule has 0 radical (unpaired) electrons. The summed E-state index contributed by atoms with van der Waals surface area (Å²) < 4.78 is 5.84. The average molecular weight is 532 g/mol. The van der Waals surface area contributed by atoms with Gasteiger partial charge in [0.15, 0.2) is 0 Å². The summed E-state index contributed by atoms with van der Waals surface area (Å²) in [4.78, 5) is 56.4. The summed E-state index contributed by atoms with van der Waals surface area (Å²) in [6.07, 6.45) is 2.93. The van der Waals surface area contributed by atoms with Gasteiger partial charge >= 0.3 is 12.1 Å². The number of carboxylic acids is 1. The van der Waals surface area contributed by atoms with Crippen LogP contribution >= 0.6 is 0 Å². The van der Waals surface area contributed by atoms with E-state index < -0.39 is 30.2 Å². The molecule has 0 unspecified atom stereocenters. The number of carboxylic acid groups (broad SMARTS) is 1. The highest BCUT2D eigenvalue weighted by molar-refractivity contribution is 5.94. The minimum Gasteiger partial charge on any atom is -0.480 e. The maximum Gasteiger partial charge on any atom is 0.410 e. The highest BCUT2D eigenvalue weighted by atomic mass is 16.6. The minimum atomic E-state index is -1.01. The van der Waals surface area contributed by atoms with Gasteiger partial charge in [-0.3, -0.25) is 14.5 Å². The van der Waals surface area contributed by atoms with Crippen LogP contribution in [0.15, 0.2) is 48.5 Å². The third-order valence-corrected chi connectivity index (χ3v) is 8.75. The molecule has 0 aromatic heterocycles. The van der Waals surface area contributed by atoms with E-state index in [-0.39, 0.29) is 24.3 Å². The molecule has 39 heavy (non-hydrogen) atoms. The maximum atomic E-state index is 13.7. The second-order valence-electron chi connectivity index (χ2n) is 10.9. The molecule has 1 aliphatic carbocycles. The van der Waals surface area contributed by atoms with Gasteiger partial charge in [0.2, 0.25) is 11.8 Å². The highest BCUT2D eigenvalue weighted by Crippen LogP contribution is 2.44. The molecule has 0 bridgehead atoms. The van der Waals surface area contributed by atoms with Gasteiger partial charge in [-0.2, -0.15) is 0 Å². The molecule has 3 heterocycles. The summed E-state index contributed by atoms with van der Waals surface area (Å²) in [5.74, 6) is -1.62. The average Bonchev–Trinajstić information content (AvgIpc) is 3.76. The number of fused-ring (bicyclic) bond motifs is 3. The Labute approximate surface area is 227 Å². The van der Waals surface area contributed by atoms with E-state index in [4.69, 9.17) is 4.74 Å². The van der Waals surface area contributed by atoms with Crippen LogP contribution in [0.2, 0.25) is 0 Å². The third kappa shape index (κ3) is 4.43. The van der Waals surface area contributed by atoms with E-state index in [1.54, 1.807) is 4.90 Å². The largest absolute Gasteiger partial charge is 0.480 e. The van der Waals surface area contributed by atoms with Crippen molar-refractivity contribution in [2.75, 3.05) is 26.2 Å². The van der Waals surface area contributed by atoms with Crippen molar-refractivity contribution in [2.45, 2.75) is 62.6 Å². The number of aliphatic carboxylic acids is 1. The van der Waals surface area contributed by atoms with Gasteiger partial charge in [0, 0.05) is 25.6 Å². The van der Waals surface area contributed by atoms with Crippen molar-refractivity contribution in [3.8, 4) is 11.1 Å². The fourth-order valence-electron chi connectivity index (χ4n) is 6.88. The molecule has 2 aromatic carbocycles.